The molecule has 0 unspecified atom stereocenters. The van der Waals surface area contributed by atoms with Crippen molar-refractivity contribution in [2.75, 3.05) is 32.1 Å². The minimum Gasteiger partial charge on any atom is -0.378 e. The quantitative estimate of drug-likeness (QED) is 0.758. The summed E-state index contributed by atoms with van der Waals surface area (Å²) in [5.41, 5.74) is 0.511. The molecule has 0 aromatic carbocycles. The molecular formula is C12H13N3O2S. The van der Waals surface area contributed by atoms with E-state index in [1.807, 2.05) is 0 Å². The molecule has 0 N–H and O–H groups in total. The molecule has 0 spiro atoms. The van der Waals surface area contributed by atoms with Crippen LogP contribution in [0.1, 0.15) is 5.56 Å². The van der Waals surface area contributed by atoms with Crippen molar-refractivity contribution in [3.8, 4) is 6.07 Å². The van der Waals surface area contributed by atoms with Gasteiger partial charge in [-0.15, -0.1) is 0 Å². The van der Waals surface area contributed by atoms with Gasteiger partial charge in [0.25, 0.3) is 0 Å². The highest BCUT2D eigenvalue weighted by molar-refractivity contribution is 7.99. The lowest BCUT2D eigenvalue weighted by atomic mass is 10.3. The van der Waals surface area contributed by atoms with E-state index in [0.29, 0.717) is 42.6 Å². The van der Waals surface area contributed by atoms with Crippen molar-refractivity contribution in [1.29, 1.82) is 5.26 Å². The van der Waals surface area contributed by atoms with E-state index >= 15 is 0 Å². The molecule has 94 valence electrons. The summed E-state index contributed by atoms with van der Waals surface area (Å²) in [6.07, 6.45) is 1.63. The van der Waals surface area contributed by atoms with Crippen molar-refractivity contribution in [3.63, 3.8) is 0 Å². The van der Waals surface area contributed by atoms with Crippen molar-refractivity contribution in [2.45, 2.75) is 5.03 Å². The first-order chi connectivity index (χ1) is 8.81. The molecule has 2 heterocycles. The number of morpholine rings is 1. The number of carbonyl (C=O) groups excluding carboxylic acids is 1. The fourth-order valence-electron chi connectivity index (χ4n) is 1.63. The zero-order valence-electron chi connectivity index (χ0n) is 9.83. The Bertz CT molecular complexity index is 467. The molecule has 0 bridgehead atoms. The third-order valence-electron chi connectivity index (χ3n) is 2.59. The van der Waals surface area contributed by atoms with Crippen molar-refractivity contribution in [2.24, 2.45) is 0 Å². The van der Waals surface area contributed by atoms with E-state index in [4.69, 9.17) is 10.00 Å². The van der Waals surface area contributed by atoms with Gasteiger partial charge in [0, 0.05) is 19.3 Å². The normalized spacial score (nSPS) is 15.2. The first-order valence-corrected chi connectivity index (χ1v) is 6.63. The van der Waals surface area contributed by atoms with Crippen molar-refractivity contribution in [3.05, 3.63) is 23.9 Å². The Morgan fingerprint density at radius 2 is 2.33 bits per heavy atom. The molecule has 1 amide bonds. The number of hydrogen-bond acceptors (Lipinski definition) is 5. The summed E-state index contributed by atoms with van der Waals surface area (Å²) in [5.74, 6) is 0.379. The number of nitriles is 1. The Morgan fingerprint density at radius 1 is 1.56 bits per heavy atom. The molecule has 1 aliphatic heterocycles. The summed E-state index contributed by atoms with van der Waals surface area (Å²) in [5, 5.41) is 9.53. The number of ether oxygens (including phenoxy) is 1. The van der Waals surface area contributed by atoms with Gasteiger partial charge in [-0.2, -0.15) is 5.26 Å². The molecule has 0 radical (unpaired) electrons. The summed E-state index contributed by atoms with van der Waals surface area (Å²) in [6.45, 7) is 2.49. The maximum Gasteiger partial charge on any atom is 0.233 e. The van der Waals surface area contributed by atoms with Crippen LogP contribution in [0.5, 0.6) is 0 Å². The molecule has 0 atom stereocenters. The van der Waals surface area contributed by atoms with Gasteiger partial charge in [-0.1, -0.05) is 11.8 Å². The highest BCUT2D eigenvalue weighted by Crippen LogP contribution is 2.19. The number of amides is 1. The fourth-order valence-corrected chi connectivity index (χ4v) is 2.47. The van der Waals surface area contributed by atoms with Crippen LogP contribution in [0.4, 0.5) is 0 Å². The van der Waals surface area contributed by atoms with Crippen LogP contribution in [-0.2, 0) is 9.53 Å². The number of carbonyl (C=O) groups is 1. The highest BCUT2D eigenvalue weighted by Gasteiger charge is 2.17. The van der Waals surface area contributed by atoms with E-state index in [2.05, 4.69) is 11.1 Å². The van der Waals surface area contributed by atoms with Gasteiger partial charge in [0.2, 0.25) is 5.91 Å². The Labute approximate surface area is 110 Å². The van der Waals surface area contributed by atoms with Crippen LogP contribution >= 0.6 is 11.8 Å². The second-order valence-corrected chi connectivity index (χ2v) is 4.71. The van der Waals surface area contributed by atoms with Gasteiger partial charge in [-0.3, -0.25) is 4.79 Å². The minimum atomic E-state index is 0.0674. The molecule has 1 aliphatic rings. The minimum absolute atomic E-state index is 0.0674. The lowest BCUT2D eigenvalue weighted by Gasteiger charge is -2.26. The number of nitrogens with zero attached hydrogens (tertiary/aromatic N) is 3. The third-order valence-corrected chi connectivity index (χ3v) is 3.58. The number of pyridine rings is 1. The largest absolute Gasteiger partial charge is 0.378 e. The van der Waals surface area contributed by atoms with E-state index in [-0.39, 0.29) is 5.91 Å². The molecule has 18 heavy (non-hydrogen) atoms. The molecule has 0 aliphatic carbocycles. The Morgan fingerprint density at radius 3 is 3.06 bits per heavy atom. The van der Waals surface area contributed by atoms with Crippen LogP contribution in [-0.4, -0.2) is 47.8 Å². The van der Waals surface area contributed by atoms with Crippen LogP contribution in [0.15, 0.2) is 23.4 Å². The average Bonchev–Trinajstić information content (AvgIpc) is 2.46. The van der Waals surface area contributed by atoms with Gasteiger partial charge < -0.3 is 9.64 Å². The van der Waals surface area contributed by atoms with E-state index in [0.717, 1.165) is 0 Å². The van der Waals surface area contributed by atoms with Crippen molar-refractivity contribution >= 4 is 17.7 Å². The van der Waals surface area contributed by atoms with E-state index in [9.17, 15) is 4.79 Å². The van der Waals surface area contributed by atoms with E-state index in [1.54, 1.807) is 23.2 Å². The highest BCUT2D eigenvalue weighted by atomic mass is 32.2. The maximum absolute atomic E-state index is 11.9. The first kappa shape index (κ1) is 12.9. The first-order valence-electron chi connectivity index (χ1n) is 5.64. The van der Waals surface area contributed by atoms with Gasteiger partial charge in [0.15, 0.2) is 0 Å². The molecule has 6 heteroatoms. The monoisotopic (exact) mass is 263 g/mol. The zero-order valence-corrected chi connectivity index (χ0v) is 10.7. The van der Waals surface area contributed by atoms with Gasteiger partial charge >= 0.3 is 0 Å². The lowest BCUT2D eigenvalue weighted by Crippen LogP contribution is -2.41. The molecule has 1 fully saturated rings. The van der Waals surface area contributed by atoms with Crippen LogP contribution in [0.2, 0.25) is 0 Å². The molecule has 1 saturated heterocycles. The molecule has 1 aromatic heterocycles. The molecular weight excluding hydrogens is 250 g/mol. The van der Waals surface area contributed by atoms with Crippen LogP contribution in [0.3, 0.4) is 0 Å². The Balaban J connectivity index is 1.91. The SMILES string of the molecule is N#Cc1cccnc1SCC(=O)N1CCOCC1. The summed E-state index contributed by atoms with van der Waals surface area (Å²) in [6, 6.07) is 5.49. The standard InChI is InChI=1S/C12H13N3O2S/c13-8-10-2-1-3-14-12(10)18-9-11(16)15-4-6-17-7-5-15/h1-3H,4-7,9H2. The van der Waals surface area contributed by atoms with Gasteiger partial charge in [-0.05, 0) is 12.1 Å². The maximum atomic E-state index is 11.9. The second kappa shape index (κ2) is 6.38. The fraction of sp³-hybridized carbons (Fsp3) is 0.417. The summed E-state index contributed by atoms with van der Waals surface area (Å²) >= 11 is 1.31. The number of rotatable bonds is 3. The summed E-state index contributed by atoms with van der Waals surface area (Å²) < 4.78 is 5.19. The Hall–Kier alpha value is -1.58. The number of thioether (sulfide) groups is 1. The van der Waals surface area contributed by atoms with Gasteiger partial charge in [-0.25, -0.2) is 4.98 Å². The topological polar surface area (TPSA) is 66.2 Å². The zero-order chi connectivity index (χ0) is 12.8. The van der Waals surface area contributed by atoms with Crippen LogP contribution in [0.25, 0.3) is 0 Å². The second-order valence-electron chi connectivity index (χ2n) is 3.75. The molecule has 2 rings (SSSR count). The lowest BCUT2D eigenvalue weighted by molar-refractivity contribution is -0.132. The van der Waals surface area contributed by atoms with Crippen molar-refractivity contribution < 1.29 is 9.53 Å². The predicted molar refractivity (Wildman–Crippen MR) is 67.1 cm³/mol. The van der Waals surface area contributed by atoms with Gasteiger partial charge in [0.1, 0.15) is 11.1 Å². The van der Waals surface area contributed by atoms with E-state index in [1.165, 1.54) is 11.8 Å². The third kappa shape index (κ3) is 3.22. The summed E-state index contributed by atoms with van der Waals surface area (Å²) in [7, 11) is 0. The molecule has 5 nitrogen and oxygen atoms in total. The molecule has 1 aromatic rings. The van der Waals surface area contributed by atoms with Crippen molar-refractivity contribution in [1.82, 2.24) is 9.88 Å². The molecule has 0 saturated carbocycles. The van der Waals surface area contributed by atoms with Gasteiger partial charge in [0.05, 0.1) is 24.5 Å². The average molecular weight is 263 g/mol. The smallest absolute Gasteiger partial charge is 0.233 e. The Kier molecular flexibility index (Phi) is 4.56. The van der Waals surface area contributed by atoms with Crippen LogP contribution in [0, 0.1) is 11.3 Å². The van der Waals surface area contributed by atoms with Crippen LogP contribution < -0.4 is 0 Å². The predicted octanol–water partition coefficient (Wildman–Crippen LogP) is 0.904. The number of hydrogen-bond donors (Lipinski definition) is 0. The number of aromatic nitrogens is 1. The summed E-state index contributed by atoms with van der Waals surface area (Å²) in [4.78, 5) is 17.8. The van der Waals surface area contributed by atoms with E-state index < -0.39 is 0 Å².